The molecule has 2 aromatic rings. The molecule has 2 aromatic carbocycles. The number of allylic oxidation sites excluding steroid dienone is 1. The first kappa shape index (κ1) is 20.4. The molecule has 0 fully saturated rings. The van der Waals surface area contributed by atoms with Crippen LogP contribution in [-0.2, 0) is 6.42 Å². The van der Waals surface area contributed by atoms with Crippen LogP contribution in [-0.4, -0.2) is 29.7 Å². The molecule has 0 radical (unpaired) electrons. The number of carbonyl (C=O) groups is 1. The van der Waals surface area contributed by atoms with Gasteiger partial charge in [-0.3, -0.25) is 4.79 Å². The molecule has 0 aliphatic carbocycles. The number of Topliss-reactive ketones (excluding diaryl/α,β-unsaturated/α-hetero) is 1. The highest BCUT2D eigenvalue weighted by molar-refractivity contribution is 5.98. The van der Waals surface area contributed by atoms with Crippen molar-refractivity contribution in [1.82, 2.24) is 0 Å². The number of hydrogen-bond acceptors (Lipinski definition) is 5. The first-order chi connectivity index (χ1) is 13.0. The molecule has 0 heterocycles. The second kappa shape index (κ2) is 9.67. The lowest BCUT2D eigenvalue weighted by Crippen LogP contribution is -2.04. The number of ether oxygens (including phenoxy) is 2. The van der Waals surface area contributed by atoms with E-state index in [0.717, 1.165) is 17.5 Å². The van der Waals surface area contributed by atoms with Crippen LogP contribution in [0.25, 0.3) is 6.08 Å². The van der Waals surface area contributed by atoms with Crippen LogP contribution in [0.4, 0.5) is 0 Å². The zero-order valence-corrected chi connectivity index (χ0v) is 16.0. The molecule has 2 N–H and O–H groups in total. The Labute approximate surface area is 159 Å². The van der Waals surface area contributed by atoms with Crippen molar-refractivity contribution in [2.75, 3.05) is 13.7 Å². The highest BCUT2D eigenvalue weighted by Gasteiger charge is 2.16. The smallest absolute Gasteiger partial charge is 0.167 e. The van der Waals surface area contributed by atoms with Gasteiger partial charge in [0.25, 0.3) is 0 Å². The molecular formula is C22H26O5. The molecule has 0 spiro atoms. The van der Waals surface area contributed by atoms with Crippen molar-refractivity contribution in [3.05, 3.63) is 53.1 Å². The van der Waals surface area contributed by atoms with Gasteiger partial charge >= 0.3 is 0 Å². The van der Waals surface area contributed by atoms with E-state index in [1.807, 2.05) is 26.0 Å². The lowest BCUT2D eigenvalue weighted by atomic mass is 9.97. The summed E-state index contributed by atoms with van der Waals surface area (Å²) in [7, 11) is 1.50. The molecule has 0 aliphatic heterocycles. The van der Waals surface area contributed by atoms with E-state index in [1.165, 1.54) is 13.2 Å². The molecule has 144 valence electrons. The van der Waals surface area contributed by atoms with E-state index in [0.29, 0.717) is 24.5 Å². The zero-order valence-electron chi connectivity index (χ0n) is 16.0. The van der Waals surface area contributed by atoms with Crippen LogP contribution >= 0.6 is 0 Å². The molecule has 0 aliphatic rings. The SMILES string of the molecule is C/C=C\c1c(CCC(=O)c2ccc(OCCC)cc2O)ccc(O)c1OC. The monoisotopic (exact) mass is 370 g/mol. The van der Waals surface area contributed by atoms with Gasteiger partial charge in [-0.25, -0.2) is 0 Å². The Hall–Kier alpha value is -2.95. The number of phenolic OH excluding ortho intramolecular Hbond substituents is 2. The standard InChI is InChI=1S/C22H26O5/c1-4-6-17-15(8-12-20(24)22(17)26-3)7-11-19(23)18-10-9-16(14-21(18)25)27-13-5-2/h4,6,8-10,12,14,24-25H,5,7,11,13H2,1-3H3/b6-4-. The number of aryl methyl sites for hydroxylation is 1. The Morgan fingerprint density at radius 2 is 1.93 bits per heavy atom. The van der Waals surface area contributed by atoms with Gasteiger partial charge in [-0.15, -0.1) is 0 Å². The van der Waals surface area contributed by atoms with E-state index in [4.69, 9.17) is 9.47 Å². The third-order valence-electron chi connectivity index (χ3n) is 4.17. The summed E-state index contributed by atoms with van der Waals surface area (Å²) in [5.41, 5.74) is 1.91. The minimum Gasteiger partial charge on any atom is -0.507 e. The molecule has 0 unspecified atom stereocenters. The van der Waals surface area contributed by atoms with E-state index < -0.39 is 0 Å². The van der Waals surface area contributed by atoms with Crippen LogP contribution in [0.5, 0.6) is 23.0 Å². The topological polar surface area (TPSA) is 76.0 Å². The summed E-state index contributed by atoms with van der Waals surface area (Å²) in [6.45, 7) is 4.43. The molecule has 0 aromatic heterocycles. The summed E-state index contributed by atoms with van der Waals surface area (Å²) in [4.78, 5) is 12.6. The average Bonchev–Trinajstić information content (AvgIpc) is 2.66. The first-order valence-electron chi connectivity index (χ1n) is 9.02. The molecule has 0 amide bonds. The Morgan fingerprint density at radius 1 is 1.15 bits per heavy atom. The molecule has 0 atom stereocenters. The van der Waals surface area contributed by atoms with Gasteiger partial charge in [-0.2, -0.15) is 0 Å². The second-order valence-corrected chi connectivity index (χ2v) is 6.14. The number of phenols is 2. The van der Waals surface area contributed by atoms with Gasteiger partial charge in [0, 0.05) is 18.1 Å². The Balaban J connectivity index is 2.16. The predicted octanol–water partition coefficient (Wildman–Crippen LogP) is 4.74. The summed E-state index contributed by atoms with van der Waals surface area (Å²) >= 11 is 0. The molecule has 0 saturated heterocycles. The third-order valence-corrected chi connectivity index (χ3v) is 4.17. The largest absolute Gasteiger partial charge is 0.507 e. The van der Waals surface area contributed by atoms with E-state index in [-0.39, 0.29) is 29.3 Å². The van der Waals surface area contributed by atoms with Crippen molar-refractivity contribution in [3.8, 4) is 23.0 Å². The number of hydrogen-bond donors (Lipinski definition) is 2. The van der Waals surface area contributed by atoms with Crippen molar-refractivity contribution in [2.45, 2.75) is 33.1 Å². The van der Waals surface area contributed by atoms with Crippen molar-refractivity contribution >= 4 is 11.9 Å². The van der Waals surface area contributed by atoms with Crippen LogP contribution < -0.4 is 9.47 Å². The van der Waals surface area contributed by atoms with Crippen LogP contribution in [0.2, 0.25) is 0 Å². The van der Waals surface area contributed by atoms with E-state index >= 15 is 0 Å². The highest BCUT2D eigenvalue weighted by Crippen LogP contribution is 2.34. The molecule has 5 nitrogen and oxygen atoms in total. The van der Waals surface area contributed by atoms with Crippen molar-refractivity contribution in [3.63, 3.8) is 0 Å². The number of rotatable bonds is 9. The Kier molecular flexibility index (Phi) is 7.29. The summed E-state index contributed by atoms with van der Waals surface area (Å²) in [5, 5.41) is 20.1. The minimum atomic E-state index is -0.159. The third kappa shape index (κ3) is 5.03. The van der Waals surface area contributed by atoms with Gasteiger partial charge in [0.05, 0.1) is 19.3 Å². The van der Waals surface area contributed by atoms with Gasteiger partial charge in [0.1, 0.15) is 11.5 Å². The average molecular weight is 370 g/mol. The number of carbonyl (C=O) groups excluding carboxylic acids is 1. The van der Waals surface area contributed by atoms with Crippen LogP contribution in [0.3, 0.4) is 0 Å². The van der Waals surface area contributed by atoms with E-state index in [2.05, 4.69) is 0 Å². The van der Waals surface area contributed by atoms with Crippen molar-refractivity contribution in [1.29, 1.82) is 0 Å². The summed E-state index contributed by atoms with van der Waals surface area (Å²) < 4.78 is 10.7. The molecule has 2 rings (SSSR count). The first-order valence-corrected chi connectivity index (χ1v) is 9.02. The summed E-state index contributed by atoms with van der Waals surface area (Å²) in [6.07, 6.45) is 5.25. The van der Waals surface area contributed by atoms with Crippen molar-refractivity contribution < 1.29 is 24.5 Å². The highest BCUT2D eigenvalue weighted by atomic mass is 16.5. The van der Waals surface area contributed by atoms with Crippen LogP contribution in [0.1, 0.15) is 48.2 Å². The fraction of sp³-hybridized carbons (Fsp3) is 0.318. The molecule has 0 saturated carbocycles. The number of ketones is 1. The molecule has 27 heavy (non-hydrogen) atoms. The zero-order chi connectivity index (χ0) is 19.8. The van der Waals surface area contributed by atoms with E-state index in [1.54, 1.807) is 24.3 Å². The minimum absolute atomic E-state index is 0.0565. The maximum Gasteiger partial charge on any atom is 0.167 e. The number of aromatic hydroxyl groups is 2. The molecule has 0 bridgehead atoms. The maximum absolute atomic E-state index is 12.6. The Morgan fingerprint density at radius 3 is 2.56 bits per heavy atom. The second-order valence-electron chi connectivity index (χ2n) is 6.14. The maximum atomic E-state index is 12.6. The van der Waals surface area contributed by atoms with Gasteiger partial charge in [0.2, 0.25) is 0 Å². The van der Waals surface area contributed by atoms with Crippen LogP contribution in [0.15, 0.2) is 36.4 Å². The predicted molar refractivity (Wildman–Crippen MR) is 106 cm³/mol. The molecule has 5 heteroatoms. The quantitative estimate of drug-likeness (QED) is 0.623. The summed E-state index contributed by atoms with van der Waals surface area (Å²) in [6, 6.07) is 8.09. The van der Waals surface area contributed by atoms with Crippen LogP contribution in [0, 0.1) is 0 Å². The Bertz CT molecular complexity index is 824. The molecular weight excluding hydrogens is 344 g/mol. The lowest BCUT2D eigenvalue weighted by Gasteiger charge is -2.13. The van der Waals surface area contributed by atoms with Gasteiger partial charge in [0.15, 0.2) is 17.3 Å². The summed E-state index contributed by atoms with van der Waals surface area (Å²) in [5.74, 6) is 0.752. The van der Waals surface area contributed by atoms with Gasteiger partial charge < -0.3 is 19.7 Å². The number of methoxy groups -OCH3 is 1. The van der Waals surface area contributed by atoms with E-state index in [9.17, 15) is 15.0 Å². The van der Waals surface area contributed by atoms with Gasteiger partial charge in [-0.05, 0) is 43.5 Å². The number of benzene rings is 2. The normalized spacial score (nSPS) is 10.9. The van der Waals surface area contributed by atoms with Crippen molar-refractivity contribution in [2.24, 2.45) is 0 Å². The fourth-order valence-corrected chi connectivity index (χ4v) is 2.85. The lowest BCUT2D eigenvalue weighted by molar-refractivity contribution is 0.0980. The van der Waals surface area contributed by atoms with Gasteiger partial charge in [-0.1, -0.05) is 25.1 Å². The fourth-order valence-electron chi connectivity index (χ4n) is 2.85.